The first kappa shape index (κ1) is 15.2. The van der Waals surface area contributed by atoms with Gasteiger partial charge in [-0.1, -0.05) is 0 Å². The number of aromatic nitrogens is 2. The minimum absolute atomic E-state index is 0.0324. The van der Waals surface area contributed by atoms with E-state index in [0.29, 0.717) is 28.7 Å². The molecule has 7 heteroatoms. The van der Waals surface area contributed by atoms with E-state index in [-0.39, 0.29) is 5.75 Å². The Balaban J connectivity index is 2.53. The van der Waals surface area contributed by atoms with Crippen LogP contribution < -0.4 is 4.74 Å². The van der Waals surface area contributed by atoms with E-state index in [4.69, 9.17) is 4.74 Å². The quantitative estimate of drug-likeness (QED) is 0.788. The minimum Gasteiger partial charge on any atom is -0.496 e. The number of aryl methyl sites for hydroxylation is 1. The summed E-state index contributed by atoms with van der Waals surface area (Å²) in [6.45, 7) is 3.38. The van der Waals surface area contributed by atoms with Gasteiger partial charge in [-0.25, -0.2) is 8.42 Å². The molecule has 6 nitrogen and oxygen atoms in total. The summed E-state index contributed by atoms with van der Waals surface area (Å²) in [5.41, 5.74) is 2.55. The number of nitrogens with zero attached hydrogens (tertiary/aromatic N) is 2. The van der Waals surface area contributed by atoms with Crippen LogP contribution in [0.15, 0.2) is 24.5 Å². The summed E-state index contributed by atoms with van der Waals surface area (Å²) in [5, 5.41) is 3.87. The Morgan fingerprint density at radius 1 is 1.33 bits per heavy atom. The maximum atomic E-state index is 11.8. The second-order valence-corrected chi connectivity index (χ2v) is 6.65. The van der Waals surface area contributed by atoms with E-state index in [9.17, 15) is 13.2 Å². The van der Waals surface area contributed by atoms with Crippen molar-refractivity contribution < 1.29 is 17.9 Å². The number of aldehydes is 1. The van der Waals surface area contributed by atoms with Gasteiger partial charge >= 0.3 is 0 Å². The number of ether oxygens (including phenoxy) is 1. The highest BCUT2D eigenvalue weighted by molar-refractivity contribution is 7.89. The van der Waals surface area contributed by atoms with Crippen LogP contribution in [-0.2, 0) is 10.0 Å². The van der Waals surface area contributed by atoms with Crippen LogP contribution in [0.25, 0.3) is 11.1 Å². The number of carbonyl (C=O) groups is 1. The largest absolute Gasteiger partial charge is 0.496 e. The Morgan fingerprint density at radius 3 is 2.62 bits per heavy atom. The van der Waals surface area contributed by atoms with Crippen molar-refractivity contribution in [1.29, 1.82) is 0 Å². The molecule has 0 fully saturated rings. The van der Waals surface area contributed by atoms with Crippen LogP contribution in [-0.4, -0.2) is 36.8 Å². The van der Waals surface area contributed by atoms with Crippen LogP contribution in [0.4, 0.5) is 0 Å². The predicted octanol–water partition coefficient (Wildman–Crippen LogP) is 1.88. The predicted molar refractivity (Wildman–Crippen MR) is 79.2 cm³/mol. The summed E-state index contributed by atoms with van der Waals surface area (Å²) in [7, 11) is -1.91. The smallest absolute Gasteiger partial charge is 0.253 e. The van der Waals surface area contributed by atoms with Crippen molar-refractivity contribution in [2.24, 2.45) is 0 Å². The van der Waals surface area contributed by atoms with E-state index in [2.05, 4.69) is 5.10 Å². The van der Waals surface area contributed by atoms with Gasteiger partial charge in [0.25, 0.3) is 10.0 Å². The first-order chi connectivity index (χ1) is 9.92. The second kappa shape index (κ2) is 5.69. The molecule has 21 heavy (non-hydrogen) atoms. The summed E-state index contributed by atoms with van der Waals surface area (Å²) in [5.74, 6) is 0.484. The van der Waals surface area contributed by atoms with Crippen molar-refractivity contribution in [2.75, 3.05) is 12.9 Å². The summed E-state index contributed by atoms with van der Waals surface area (Å²) < 4.78 is 29.7. The van der Waals surface area contributed by atoms with E-state index < -0.39 is 10.0 Å². The number of rotatable bonds is 5. The van der Waals surface area contributed by atoms with Gasteiger partial charge in [-0.15, -0.1) is 0 Å². The molecule has 112 valence electrons. The summed E-state index contributed by atoms with van der Waals surface area (Å²) in [4.78, 5) is 11.1. The number of hydrogen-bond donors (Lipinski definition) is 0. The molecule has 2 rings (SSSR count). The van der Waals surface area contributed by atoms with Crippen molar-refractivity contribution in [3.8, 4) is 16.9 Å². The molecule has 0 aliphatic heterocycles. The van der Waals surface area contributed by atoms with Gasteiger partial charge in [-0.05, 0) is 37.1 Å². The first-order valence-electron chi connectivity index (χ1n) is 6.35. The molecular formula is C14H16N2O4S. The van der Waals surface area contributed by atoms with Crippen LogP contribution in [0, 0.1) is 6.92 Å². The Morgan fingerprint density at radius 2 is 2.05 bits per heavy atom. The molecule has 0 aliphatic rings. The lowest BCUT2D eigenvalue weighted by Gasteiger charge is -2.09. The van der Waals surface area contributed by atoms with Gasteiger partial charge < -0.3 is 4.74 Å². The van der Waals surface area contributed by atoms with Crippen LogP contribution in [0.1, 0.15) is 22.8 Å². The van der Waals surface area contributed by atoms with Crippen LogP contribution in [0.3, 0.4) is 0 Å². The molecule has 0 saturated heterocycles. The molecule has 1 aromatic carbocycles. The van der Waals surface area contributed by atoms with E-state index in [1.807, 2.05) is 13.0 Å². The van der Waals surface area contributed by atoms with Gasteiger partial charge in [0.05, 0.1) is 30.8 Å². The second-order valence-electron chi connectivity index (χ2n) is 4.54. The monoisotopic (exact) mass is 308 g/mol. The molecule has 0 spiro atoms. The van der Waals surface area contributed by atoms with Gasteiger partial charge in [-0.2, -0.15) is 9.19 Å². The standard InChI is InChI=1S/C14H16N2O4S/c1-4-21(18,19)16-8-13(7-15-16)11-5-10(2)14(20-3)12(6-11)9-17/h5-9H,4H2,1-3H3. The van der Waals surface area contributed by atoms with Gasteiger partial charge in [0.2, 0.25) is 0 Å². The SMILES string of the molecule is CCS(=O)(=O)n1cc(-c2cc(C)c(OC)c(C=O)c2)cn1. The number of methoxy groups -OCH3 is 1. The van der Waals surface area contributed by atoms with E-state index in [1.165, 1.54) is 19.5 Å². The Labute approximate surface area is 123 Å². The third-order valence-electron chi connectivity index (χ3n) is 3.18. The molecule has 1 heterocycles. The molecule has 0 radical (unpaired) electrons. The van der Waals surface area contributed by atoms with Crippen molar-refractivity contribution in [3.05, 3.63) is 35.7 Å². The highest BCUT2D eigenvalue weighted by Gasteiger charge is 2.14. The fourth-order valence-electron chi connectivity index (χ4n) is 2.07. The van der Waals surface area contributed by atoms with E-state index in [0.717, 1.165) is 9.65 Å². The third-order valence-corrected chi connectivity index (χ3v) is 4.68. The molecule has 2 aromatic rings. The Kier molecular flexibility index (Phi) is 4.13. The normalized spacial score (nSPS) is 11.4. The molecule has 0 bridgehead atoms. The van der Waals surface area contributed by atoms with Crippen molar-refractivity contribution in [3.63, 3.8) is 0 Å². The van der Waals surface area contributed by atoms with Gasteiger partial charge in [0.1, 0.15) is 5.75 Å². The number of hydrogen-bond acceptors (Lipinski definition) is 5. The van der Waals surface area contributed by atoms with E-state index in [1.54, 1.807) is 13.0 Å². The van der Waals surface area contributed by atoms with Crippen molar-refractivity contribution >= 4 is 16.3 Å². The molecule has 0 atom stereocenters. The molecule has 0 saturated carbocycles. The highest BCUT2D eigenvalue weighted by Crippen LogP contribution is 2.29. The van der Waals surface area contributed by atoms with E-state index >= 15 is 0 Å². The Hall–Kier alpha value is -2.15. The van der Waals surface area contributed by atoms with Gasteiger partial charge in [0.15, 0.2) is 6.29 Å². The average molecular weight is 308 g/mol. The van der Waals surface area contributed by atoms with Crippen LogP contribution >= 0.6 is 0 Å². The summed E-state index contributed by atoms with van der Waals surface area (Å²) in [6.07, 6.45) is 3.61. The lowest BCUT2D eigenvalue weighted by Crippen LogP contribution is -2.14. The van der Waals surface area contributed by atoms with Crippen molar-refractivity contribution in [1.82, 2.24) is 9.19 Å². The maximum absolute atomic E-state index is 11.8. The molecule has 0 amide bonds. The zero-order chi connectivity index (χ0) is 15.6. The molecule has 0 aliphatic carbocycles. The van der Waals surface area contributed by atoms with Gasteiger partial charge in [0, 0.05) is 5.56 Å². The third kappa shape index (κ3) is 2.82. The fourth-order valence-corrected chi connectivity index (χ4v) is 2.80. The van der Waals surface area contributed by atoms with Crippen LogP contribution in [0.2, 0.25) is 0 Å². The fraction of sp³-hybridized carbons (Fsp3) is 0.286. The molecule has 0 unspecified atom stereocenters. The number of benzene rings is 1. The molecule has 1 aromatic heterocycles. The van der Waals surface area contributed by atoms with Crippen LogP contribution in [0.5, 0.6) is 5.75 Å². The van der Waals surface area contributed by atoms with Gasteiger partial charge in [-0.3, -0.25) is 4.79 Å². The lowest BCUT2D eigenvalue weighted by atomic mass is 10.0. The first-order valence-corrected chi connectivity index (χ1v) is 7.96. The maximum Gasteiger partial charge on any atom is 0.253 e. The summed E-state index contributed by atoms with van der Waals surface area (Å²) >= 11 is 0. The summed E-state index contributed by atoms with van der Waals surface area (Å²) in [6, 6.07) is 3.48. The lowest BCUT2D eigenvalue weighted by molar-refractivity contribution is 0.112. The highest BCUT2D eigenvalue weighted by atomic mass is 32.2. The van der Waals surface area contributed by atoms with Crippen molar-refractivity contribution in [2.45, 2.75) is 13.8 Å². The topological polar surface area (TPSA) is 78.3 Å². The molecule has 0 N–H and O–H groups in total. The zero-order valence-electron chi connectivity index (χ0n) is 12.0. The minimum atomic E-state index is -3.41. The Bertz CT molecular complexity index is 778. The molecular weight excluding hydrogens is 292 g/mol. The average Bonchev–Trinajstić information content (AvgIpc) is 2.96. The zero-order valence-corrected chi connectivity index (χ0v) is 12.8. The number of carbonyl (C=O) groups excluding carboxylic acids is 1.